The molecular formula is C17H28N4. The largest absolute Gasteiger partial charge is 0.373 e. The van der Waals surface area contributed by atoms with Gasteiger partial charge in [0.15, 0.2) is 0 Å². The quantitative estimate of drug-likeness (QED) is 0.925. The molecule has 0 bridgehead atoms. The zero-order valence-corrected chi connectivity index (χ0v) is 13.7. The Bertz CT molecular complexity index is 500. The van der Waals surface area contributed by atoms with Crippen molar-refractivity contribution >= 4 is 11.6 Å². The number of nitrogens with one attached hydrogen (secondary N) is 1. The van der Waals surface area contributed by atoms with Crippen LogP contribution in [0.25, 0.3) is 0 Å². The minimum atomic E-state index is 0.880. The predicted molar refractivity (Wildman–Crippen MR) is 88.0 cm³/mol. The molecule has 1 saturated heterocycles. The minimum absolute atomic E-state index is 0.880. The fraction of sp³-hybridized carbons (Fsp3) is 0.765. The van der Waals surface area contributed by atoms with Crippen LogP contribution in [0.4, 0.5) is 11.6 Å². The Morgan fingerprint density at radius 3 is 2.62 bits per heavy atom. The van der Waals surface area contributed by atoms with E-state index in [0.29, 0.717) is 0 Å². The van der Waals surface area contributed by atoms with Crippen LogP contribution in [0.1, 0.15) is 50.4 Å². The highest BCUT2D eigenvalue weighted by Gasteiger charge is 2.32. The summed E-state index contributed by atoms with van der Waals surface area (Å²) in [5.41, 5.74) is 1.20. The second kappa shape index (κ2) is 6.20. The first-order chi connectivity index (χ1) is 10.2. The zero-order valence-electron chi connectivity index (χ0n) is 13.7. The van der Waals surface area contributed by atoms with E-state index in [9.17, 15) is 0 Å². The van der Waals surface area contributed by atoms with Crippen LogP contribution in [0.15, 0.2) is 0 Å². The van der Waals surface area contributed by atoms with E-state index in [4.69, 9.17) is 4.98 Å². The standard InChI is InChI=1S/C17H28N4/c1-4-15-19-16(18-3)12(2)17(20-15)21-10-9-13-7-5-6-8-14(13)11-21/h13-14H,4-11H2,1-3H3,(H,18,19,20). The maximum atomic E-state index is 4.84. The van der Waals surface area contributed by atoms with Crippen molar-refractivity contribution in [3.63, 3.8) is 0 Å². The number of aryl methyl sites for hydroxylation is 1. The van der Waals surface area contributed by atoms with Gasteiger partial charge < -0.3 is 10.2 Å². The first kappa shape index (κ1) is 14.6. The van der Waals surface area contributed by atoms with Crippen LogP contribution in [0.3, 0.4) is 0 Å². The number of hydrogen-bond donors (Lipinski definition) is 1. The summed E-state index contributed by atoms with van der Waals surface area (Å²) in [6.07, 6.45) is 7.94. The molecule has 1 aliphatic carbocycles. The van der Waals surface area contributed by atoms with Gasteiger partial charge in [-0.05, 0) is 31.6 Å². The maximum Gasteiger partial charge on any atom is 0.137 e. The van der Waals surface area contributed by atoms with Gasteiger partial charge in [-0.25, -0.2) is 9.97 Å². The molecule has 1 N–H and O–H groups in total. The van der Waals surface area contributed by atoms with Crippen LogP contribution in [0.2, 0.25) is 0 Å². The molecule has 4 heteroatoms. The number of nitrogens with zero attached hydrogens (tertiary/aromatic N) is 3. The molecule has 2 atom stereocenters. The number of fused-ring (bicyclic) bond motifs is 1. The molecule has 0 radical (unpaired) electrons. The normalized spacial score (nSPS) is 25.6. The van der Waals surface area contributed by atoms with Gasteiger partial charge in [-0.2, -0.15) is 0 Å². The van der Waals surface area contributed by atoms with Crippen LogP contribution in [0.5, 0.6) is 0 Å². The highest BCUT2D eigenvalue weighted by atomic mass is 15.2. The second-order valence-corrected chi connectivity index (χ2v) is 6.58. The molecule has 1 aromatic heterocycles. The Labute approximate surface area is 128 Å². The SMILES string of the molecule is CCc1nc(NC)c(C)c(N2CCC3CCCCC3C2)n1. The van der Waals surface area contributed by atoms with Crippen molar-refractivity contribution < 1.29 is 0 Å². The van der Waals surface area contributed by atoms with Crippen LogP contribution >= 0.6 is 0 Å². The molecule has 1 saturated carbocycles. The van der Waals surface area contributed by atoms with E-state index in [1.165, 1.54) is 44.2 Å². The molecule has 4 nitrogen and oxygen atoms in total. The molecule has 21 heavy (non-hydrogen) atoms. The molecule has 2 unspecified atom stereocenters. The lowest BCUT2D eigenvalue weighted by molar-refractivity contribution is 0.202. The fourth-order valence-corrected chi connectivity index (χ4v) is 4.05. The number of piperidine rings is 1. The smallest absolute Gasteiger partial charge is 0.137 e. The summed E-state index contributed by atoms with van der Waals surface area (Å²) in [4.78, 5) is 12.0. The Morgan fingerprint density at radius 1 is 1.14 bits per heavy atom. The Balaban J connectivity index is 1.86. The third kappa shape index (κ3) is 2.85. The number of hydrogen-bond acceptors (Lipinski definition) is 4. The summed E-state index contributed by atoms with van der Waals surface area (Å²) < 4.78 is 0. The average molecular weight is 288 g/mol. The van der Waals surface area contributed by atoms with E-state index in [-0.39, 0.29) is 0 Å². The fourth-order valence-electron chi connectivity index (χ4n) is 4.05. The van der Waals surface area contributed by atoms with Gasteiger partial charge >= 0.3 is 0 Å². The number of anilines is 2. The topological polar surface area (TPSA) is 41.1 Å². The van der Waals surface area contributed by atoms with Gasteiger partial charge in [-0.1, -0.05) is 26.2 Å². The zero-order chi connectivity index (χ0) is 14.8. The third-order valence-corrected chi connectivity index (χ3v) is 5.31. The molecule has 2 heterocycles. The van der Waals surface area contributed by atoms with E-state index in [1.54, 1.807) is 0 Å². The summed E-state index contributed by atoms with van der Waals surface area (Å²) in [6.45, 7) is 6.62. The molecular weight excluding hydrogens is 260 g/mol. The highest BCUT2D eigenvalue weighted by molar-refractivity contribution is 5.58. The van der Waals surface area contributed by atoms with E-state index in [1.807, 2.05) is 7.05 Å². The highest BCUT2D eigenvalue weighted by Crippen LogP contribution is 2.38. The van der Waals surface area contributed by atoms with Crippen molar-refractivity contribution in [1.82, 2.24) is 9.97 Å². The Hall–Kier alpha value is -1.32. The van der Waals surface area contributed by atoms with Gasteiger partial charge in [-0.15, -0.1) is 0 Å². The van der Waals surface area contributed by atoms with Crippen LogP contribution < -0.4 is 10.2 Å². The second-order valence-electron chi connectivity index (χ2n) is 6.58. The van der Waals surface area contributed by atoms with Gasteiger partial charge in [0.1, 0.15) is 17.5 Å². The monoisotopic (exact) mass is 288 g/mol. The van der Waals surface area contributed by atoms with Gasteiger partial charge in [0.25, 0.3) is 0 Å². The molecule has 0 aromatic carbocycles. The van der Waals surface area contributed by atoms with E-state index in [0.717, 1.165) is 42.3 Å². The van der Waals surface area contributed by atoms with E-state index < -0.39 is 0 Å². The molecule has 0 amide bonds. The maximum absolute atomic E-state index is 4.84. The Kier molecular flexibility index (Phi) is 4.32. The van der Waals surface area contributed by atoms with Gasteiger partial charge in [-0.3, -0.25) is 0 Å². The van der Waals surface area contributed by atoms with Crippen molar-refractivity contribution in [2.24, 2.45) is 11.8 Å². The summed E-state index contributed by atoms with van der Waals surface area (Å²) in [7, 11) is 1.95. The van der Waals surface area contributed by atoms with Gasteiger partial charge in [0, 0.05) is 32.1 Å². The van der Waals surface area contributed by atoms with Crippen LogP contribution in [-0.4, -0.2) is 30.1 Å². The van der Waals surface area contributed by atoms with Crippen molar-refractivity contribution in [3.8, 4) is 0 Å². The first-order valence-electron chi connectivity index (χ1n) is 8.53. The average Bonchev–Trinajstić information content (AvgIpc) is 2.54. The van der Waals surface area contributed by atoms with Crippen molar-refractivity contribution in [1.29, 1.82) is 0 Å². The lowest BCUT2D eigenvalue weighted by Crippen LogP contribution is -2.42. The molecule has 2 fully saturated rings. The van der Waals surface area contributed by atoms with Gasteiger partial charge in [0.05, 0.1) is 0 Å². The van der Waals surface area contributed by atoms with Crippen molar-refractivity contribution in [3.05, 3.63) is 11.4 Å². The molecule has 116 valence electrons. The summed E-state index contributed by atoms with van der Waals surface area (Å²) in [6, 6.07) is 0. The van der Waals surface area contributed by atoms with Gasteiger partial charge in [0.2, 0.25) is 0 Å². The van der Waals surface area contributed by atoms with Crippen LogP contribution in [-0.2, 0) is 6.42 Å². The van der Waals surface area contributed by atoms with E-state index >= 15 is 0 Å². The molecule has 0 spiro atoms. The third-order valence-electron chi connectivity index (χ3n) is 5.31. The summed E-state index contributed by atoms with van der Waals surface area (Å²) in [5.74, 6) is 4.94. The van der Waals surface area contributed by atoms with Crippen molar-refractivity contribution in [2.45, 2.75) is 52.4 Å². The number of aromatic nitrogens is 2. The minimum Gasteiger partial charge on any atom is -0.373 e. The van der Waals surface area contributed by atoms with Crippen LogP contribution in [0, 0.1) is 18.8 Å². The molecule has 3 rings (SSSR count). The lowest BCUT2D eigenvalue weighted by Gasteiger charge is -2.42. The van der Waals surface area contributed by atoms with E-state index in [2.05, 4.69) is 29.0 Å². The first-order valence-corrected chi connectivity index (χ1v) is 8.53. The molecule has 1 aliphatic heterocycles. The Morgan fingerprint density at radius 2 is 1.90 bits per heavy atom. The lowest BCUT2D eigenvalue weighted by atomic mass is 9.75. The number of rotatable bonds is 3. The molecule has 2 aliphatic rings. The molecule has 1 aromatic rings. The van der Waals surface area contributed by atoms with Crippen molar-refractivity contribution in [2.75, 3.05) is 30.4 Å². The predicted octanol–water partition coefficient (Wildman–Crippen LogP) is 3.41. The summed E-state index contributed by atoms with van der Waals surface area (Å²) in [5, 5.41) is 3.23. The summed E-state index contributed by atoms with van der Waals surface area (Å²) >= 11 is 0.